The van der Waals surface area contributed by atoms with Crippen molar-refractivity contribution in [3.05, 3.63) is 22.7 Å². The normalized spacial score (nSPS) is 18.7. The molecule has 0 amide bonds. The summed E-state index contributed by atoms with van der Waals surface area (Å²) in [7, 11) is 0. The van der Waals surface area contributed by atoms with Crippen molar-refractivity contribution in [3.8, 4) is 0 Å². The minimum Gasteiger partial charge on any atom is -0.348 e. The van der Waals surface area contributed by atoms with E-state index in [9.17, 15) is 4.79 Å². The number of hydrogen-bond donors (Lipinski definition) is 1. The highest BCUT2D eigenvalue weighted by Gasteiger charge is 2.23. The molecule has 112 valence electrons. The van der Waals surface area contributed by atoms with E-state index in [0.717, 1.165) is 26.1 Å². The number of nitrogens with zero attached hydrogens (tertiary/aromatic N) is 3. The first-order valence-electron chi connectivity index (χ1n) is 7.69. The van der Waals surface area contributed by atoms with E-state index in [1.807, 2.05) is 0 Å². The fraction of sp³-hybridized carbons (Fsp3) is 0.733. The molecule has 0 aliphatic carbocycles. The smallest absolute Gasteiger partial charge is 0.293 e. The van der Waals surface area contributed by atoms with E-state index in [-0.39, 0.29) is 11.6 Å². The number of hydrogen-bond acceptors (Lipinski definition) is 4. The Morgan fingerprint density at radius 1 is 1.55 bits per heavy atom. The van der Waals surface area contributed by atoms with Crippen molar-refractivity contribution in [1.29, 1.82) is 0 Å². The molecule has 1 atom stereocenters. The number of aryl methyl sites for hydroxylation is 1. The Morgan fingerprint density at radius 3 is 2.95 bits per heavy atom. The number of aromatic nitrogens is 2. The van der Waals surface area contributed by atoms with Gasteiger partial charge in [-0.15, -0.1) is 0 Å². The van der Waals surface area contributed by atoms with Crippen molar-refractivity contribution in [2.45, 2.75) is 58.7 Å². The Hall–Kier alpha value is -1.36. The number of rotatable bonds is 6. The van der Waals surface area contributed by atoms with Crippen LogP contribution in [0, 0.1) is 0 Å². The third-order valence-electron chi connectivity index (χ3n) is 3.83. The minimum atomic E-state index is 0.0287. The third-order valence-corrected chi connectivity index (χ3v) is 3.83. The Morgan fingerprint density at radius 2 is 2.35 bits per heavy atom. The van der Waals surface area contributed by atoms with E-state index >= 15 is 0 Å². The van der Waals surface area contributed by atoms with Gasteiger partial charge in [0.05, 0.1) is 0 Å². The van der Waals surface area contributed by atoms with Gasteiger partial charge in [0.25, 0.3) is 5.56 Å². The second kappa shape index (κ2) is 6.88. The van der Waals surface area contributed by atoms with Gasteiger partial charge in [0, 0.05) is 37.6 Å². The van der Waals surface area contributed by atoms with Gasteiger partial charge in [-0.25, -0.2) is 4.98 Å². The molecule has 5 nitrogen and oxygen atoms in total. The first kappa shape index (κ1) is 15.0. The second-order valence-corrected chi connectivity index (χ2v) is 5.79. The van der Waals surface area contributed by atoms with Crippen LogP contribution in [0.4, 0.5) is 5.82 Å². The topological polar surface area (TPSA) is 50.2 Å². The lowest BCUT2D eigenvalue weighted by atomic mass is 10.2. The highest BCUT2D eigenvalue weighted by Crippen LogP contribution is 2.13. The number of anilines is 1. The van der Waals surface area contributed by atoms with Crippen molar-refractivity contribution >= 4 is 5.82 Å². The van der Waals surface area contributed by atoms with Crippen molar-refractivity contribution in [3.63, 3.8) is 0 Å². The van der Waals surface area contributed by atoms with E-state index in [1.54, 1.807) is 17.0 Å². The molecule has 1 aliphatic heterocycles. The molecule has 1 aromatic rings. The van der Waals surface area contributed by atoms with Crippen LogP contribution in [0.5, 0.6) is 0 Å². The monoisotopic (exact) mass is 278 g/mol. The first-order chi connectivity index (χ1) is 9.63. The Balaban J connectivity index is 2.24. The highest BCUT2D eigenvalue weighted by molar-refractivity contribution is 5.37. The summed E-state index contributed by atoms with van der Waals surface area (Å²) in [6, 6.07) is 0.744. The molecule has 20 heavy (non-hydrogen) atoms. The second-order valence-electron chi connectivity index (χ2n) is 5.79. The van der Waals surface area contributed by atoms with Crippen LogP contribution >= 0.6 is 0 Å². The summed E-state index contributed by atoms with van der Waals surface area (Å²) in [5, 5.41) is 3.49. The molecule has 1 aliphatic rings. The zero-order chi connectivity index (χ0) is 14.5. The van der Waals surface area contributed by atoms with E-state index in [1.165, 1.54) is 12.8 Å². The average molecular weight is 278 g/mol. The SMILES string of the molecule is CCCn1ccnc(N(CC2CCCN2)C(C)C)c1=O. The largest absolute Gasteiger partial charge is 0.348 e. The van der Waals surface area contributed by atoms with Crippen molar-refractivity contribution in [2.24, 2.45) is 0 Å². The van der Waals surface area contributed by atoms with Gasteiger partial charge in [-0.2, -0.15) is 0 Å². The molecule has 0 radical (unpaired) electrons. The van der Waals surface area contributed by atoms with Crippen LogP contribution in [-0.4, -0.2) is 34.7 Å². The highest BCUT2D eigenvalue weighted by atomic mass is 16.1. The average Bonchev–Trinajstić information content (AvgIpc) is 2.92. The summed E-state index contributed by atoms with van der Waals surface area (Å²) in [4.78, 5) is 19.0. The van der Waals surface area contributed by atoms with Crippen molar-refractivity contribution in [2.75, 3.05) is 18.0 Å². The molecule has 1 unspecified atom stereocenters. The lowest BCUT2D eigenvalue weighted by Crippen LogP contribution is -2.45. The maximum absolute atomic E-state index is 12.5. The van der Waals surface area contributed by atoms with Crippen LogP contribution in [-0.2, 0) is 6.54 Å². The standard InChI is InChI=1S/C15H26N4O/c1-4-9-18-10-8-17-14(15(18)20)19(12(2)3)11-13-6-5-7-16-13/h8,10,12-13,16H,4-7,9,11H2,1-3H3. The Kier molecular flexibility index (Phi) is 5.17. The van der Waals surface area contributed by atoms with Gasteiger partial charge in [-0.3, -0.25) is 4.79 Å². The van der Waals surface area contributed by atoms with E-state index < -0.39 is 0 Å². The van der Waals surface area contributed by atoms with E-state index in [4.69, 9.17) is 0 Å². The summed E-state index contributed by atoms with van der Waals surface area (Å²) >= 11 is 0. The van der Waals surface area contributed by atoms with Gasteiger partial charge in [0.1, 0.15) is 0 Å². The molecule has 1 aromatic heterocycles. The molecule has 0 spiro atoms. The molecule has 5 heteroatoms. The fourth-order valence-corrected chi connectivity index (χ4v) is 2.74. The van der Waals surface area contributed by atoms with Gasteiger partial charge in [-0.1, -0.05) is 6.92 Å². The zero-order valence-electron chi connectivity index (χ0n) is 12.8. The molecular weight excluding hydrogens is 252 g/mol. The fourth-order valence-electron chi connectivity index (χ4n) is 2.74. The molecule has 2 rings (SSSR count). The summed E-state index contributed by atoms with van der Waals surface area (Å²) in [5.41, 5.74) is 0.0287. The molecule has 1 N–H and O–H groups in total. The molecular formula is C15H26N4O. The maximum Gasteiger partial charge on any atom is 0.293 e. The number of nitrogens with one attached hydrogen (secondary N) is 1. The molecule has 0 aromatic carbocycles. The van der Waals surface area contributed by atoms with Crippen molar-refractivity contribution in [1.82, 2.24) is 14.9 Å². The van der Waals surface area contributed by atoms with E-state index in [0.29, 0.717) is 11.9 Å². The van der Waals surface area contributed by atoms with Crippen LogP contribution in [0.25, 0.3) is 0 Å². The molecule has 0 saturated carbocycles. The lowest BCUT2D eigenvalue weighted by Gasteiger charge is -2.30. The van der Waals surface area contributed by atoms with Crippen LogP contribution in [0.1, 0.15) is 40.0 Å². The van der Waals surface area contributed by atoms with Gasteiger partial charge in [-0.05, 0) is 39.7 Å². The predicted octanol–water partition coefficient (Wildman–Crippen LogP) is 1.62. The molecule has 2 heterocycles. The third kappa shape index (κ3) is 3.39. The van der Waals surface area contributed by atoms with Crippen LogP contribution in [0.3, 0.4) is 0 Å². The quantitative estimate of drug-likeness (QED) is 0.859. The summed E-state index contributed by atoms with van der Waals surface area (Å²) < 4.78 is 1.76. The lowest BCUT2D eigenvalue weighted by molar-refractivity contribution is 0.542. The molecule has 1 saturated heterocycles. The van der Waals surface area contributed by atoms with Gasteiger partial charge in [0.2, 0.25) is 0 Å². The van der Waals surface area contributed by atoms with Crippen molar-refractivity contribution < 1.29 is 0 Å². The predicted molar refractivity (Wildman–Crippen MR) is 82.3 cm³/mol. The van der Waals surface area contributed by atoms with Crippen LogP contribution < -0.4 is 15.8 Å². The molecule has 1 fully saturated rings. The van der Waals surface area contributed by atoms with Gasteiger partial charge in [0.15, 0.2) is 5.82 Å². The Bertz CT molecular complexity index is 477. The van der Waals surface area contributed by atoms with Gasteiger partial charge < -0.3 is 14.8 Å². The zero-order valence-corrected chi connectivity index (χ0v) is 12.8. The summed E-state index contributed by atoms with van der Waals surface area (Å²) in [5.74, 6) is 0.588. The maximum atomic E-state index is 12.5. The minimum absolute atomic E-state index is 0.0287. The molecule has 0 bridgehead atoms. The van der Waals surface area contributed by atoms with E-state index in [2.05, 4.69) is 36.0 Å². The van der Waals surface area contributed by atoms with Crippen LogP contribution in [0.15, 0.2) is 17.2 Å². The van der Waals surface area contributed by atoms with Gasteiger partial charge >= 0.3 is 0 Å². The first-order valence-corrected chi connectivity index (χ1v) is 7.69. The Labute approximate surface area is 121 Å². The summed E-state index contributed by atoms with van der Waals surface area (Å²) in [6.45, 7) is 9.01. The summed E-state index contributed by atoms with van der Waals surface area (Å²) in [6.07, 6.45) is 6.87. The van der Waals surface area contributed by atoms with Crippen LogP contribution in [0.2, 0.25) is 0 Å².